The Morgan fingerprint density at radius 1 is 1.44 bits per heavy atom. The molecule has 0 bridgehead atoms. The minimum Gasteiger partial charge on any atom is -0.358 e. The predicted molar refractivity (Wildman–Crippen MR) is 69.0 cm³/mol. The van der Waals surface area contributed by atoms with E-state index in [-0.39, 0.29) is 0 Å². The minimum absolute atomic E-state index is 0.438. The van der Waals surface area contributed by atoms with E-state index in [2.05, 4.69) is 35.4 Å². The van der Waals surface area contributed by atoms with E-state index in [1.165, 1.54) is 37.2 Å². The smallest absolute Gasteiger partial charge is 0.202 e. The van der Waals surface area contributed by atoms with Crippen LogP contribution in [-0.4, -0.2) is 15.4 Å². The zero-order chi connectivity index (χ0) is 11.5. The third-order valence-electron chi connectivity index (χ3n) is 3.34. The van der Waals surface area contributed by atoms with Gasteiger partial charge in [-0.25, -0.2) is 4.98 Å². The molecule has 1 N–H and O–H groups in total. The van der Waals surface area contributed by atoms with E-state index >= 15 is 0 Å². The van der Waals surface area contributed by atoms with E-state index in [0.717, 1.165) is 16.9 Å². The predicted octanol–water partition coefficient (Wildman–Crippen LogP) is 3.65. The molecule has 4 heteroatoms. The van der Waals surface area contributed by atoms with Gasteiger partial charge in [0.15, 0.2) is 0 Å². The molecular formula is C12H21N3S. The molecular weight excluding hydrogens is 218 g/mol. The van der Waals surface area contributed by atoms with Crippen molar-refractivity contribution >= 4 is 16.7 Å². The van der Waals surface area contributed by atoms with Gasteiger partial charge in [0.2, 0.25) is 5.13 Å². The van der Waals surface area contributed by atoms with Gasteiger partial charge in [-0.15, -0.1) is 0 Å². The Morgan fingerprint density at radius 3 is 2.88 bits per heavy atom. The number of hydrogen-bond acceptors (Lipinski definition) is 4. The van der Waals surface area contributed by atoms with E-state index in [4.69, 9.17) is 0 Å². The number of aromatic nitrogens is 2. The van der Waals surface area contributed by atoms with Gasteiger partial charge in [0, 0.05) is 23.5 Å². The van der Waals surface area contributed by atoms with Gasteiger partial charge in [-0.1, -0.05) is 13.3 Å². The maximum atomic E-state index is 4.60. The molecule has 2 unspecified atom stereocenters. The molecule has 2 rings (SSSR count). The van der Waals surface area contributed by atoms with Crippen molar-refractivity contribution in [3.8, 4) is 0 Å². The second-order valence-electron chi connectivity index (χ2n) is 5.04. The maximum absolute atomic E-state index is 4.60. The number of anilines is 1. The van der Waals surface area contributed by atoms with Crippen molar-refractivity contribution in [3.05, 3.63) is 5.82 Å². The summed E-state index contributed by atoms with van der Waals surface area (Å²) in [6.45, 7) is 6.54. The second-order valence-corrected chi connectivity index (χ2v) is 5.79. The van der Waals surface area contributed by atoms with Crippen molar-refractivity contribution in [2.24, 2.45) is 5.92 Å². The first-order valence-corrected chi connectivity index (χ1v) is 7.06. The molecule has 0 spiro atoms. The molecule has 0 amide bonds. The molecule has 0 aromatic carbocycles. The zero-order valence-electron chi connectivity index (χ0n) is 10.4. The number of rotatable bonds is 4. The topological polar surface area (TPSA) is 37.8 Å². The largest absolute Gasteiger partial charge is 0.358 e. The molecule has 0 radical (unpaired) electrons. The molecule has 1 aromatic rings. The van der Waals surface area contributed by atoms with Crippen molar-refractivity contribution in [2.45, 2.75) is 58.4 Å². The lowest BCUT2D eigenvalue weighted by Gasteiger charge is -2.06. The van der Waals surface area contributed by atoms with Gasteiger partial charge in [0.1, 0.15) is 5.82 Å². The van der Waals surface area contributed by atoms with Crippen LogP contribution < -0.4 is 5.32 Å². The van der Waals surface area contributed by atoms with Crippen LogP contribution in [0.1, 0.15) is 58.2 Å². The lowest BCUT2D eigenvalue weighted by atomic mass is 10.0. The second kappa shape index (κ2) is 5.13. The summed E-state index contributed by atoms with van der Waals surface area (Å²) in [4.78, 5) is 4.60. The molecule has 0 aliphatic heterocycles. The standard InChI is InChI=1S/C12H21N3S/c1-4-9-5-6-10(7-9)11-14-12(16-15-11)13-8(2)3/h8-10H,4-7H2,1-3H3,(H,13,14,15). The molecule has 0 saturated heterocycles. The van der Waals surface area contributed by atoms with Gasteiger partial charge in [0.05, 0.1) is 0 Å². The van der Waals surface area contributed by atoms with E-state index < -0.39 is 0 Å². The van der Waals surface area contributed by atoms with Crippen LogP contribution in [0.15, 0.2) is 0 Å². The fourth-order valence-corrected chi connectivity index (χ4v) is 3.18. The maximum Gasteiger partial charge on any atom is 0.202 e. The van der Waals surface area contributed by atoms with Crippen LogP contribution in [0, 0.1) is 5.92 Å². The van der Waals surface area contributed by atoms with Crippen molar-refractivity contribution < 1.29 is 0 Å². The molecule has 90 valence electrons. The van der Waals surface area contributed by atoms with Crippen molar-refractivity contribution in [1.29, 1.82) is 0 Å². The fourth-order valence-electron chi connectivity index (χ4n) is 2.39. The van der Waals surface area contributed by atoms with Gasteiger partial charge < -0.3 is 5.32 Å². The Morgan fingerprint density at radius 2 is 2.25 bits per heavy atom. The van der Waals surface area contributed by atoms with Crippen LogP contribution in [0.25, 0.3) is 0 Å². The highest BCUT2D eigenvalue weighted by molar-refractivity contribution is 7.09. The zero-order valence-corrected chi connectivity index (χ0v) is 11.2. The van der Waals surface area contributed by atoms with Crippen LogP contribution in [0.4, 0.5) is 5.13 Å². The van der Waals surface area contributed by atoms with E-state index in [1.807, 2.05) is 0 Å². The number of nitrogens with one attached hydrogen (secondary N) is 1. The van der Waals surface area contributed by atoms with Crippen LogP contribution in [0.2, 0.25) is 0 Å². The summed E-state index contributed by atoms with van der Waals surface area (Å²) in [6.07, 6.45) is 5.22. The summed E-state index contributed by atoms with van der Waals surface area (Å²) < 4.78 is 4.49. The quantitative estimate of drug-likeness (QED) is 0.871. The Hall–Kier alpha value is -0.640. The molecule has 1 aliphatic carbocycles. The van der Waals surface area contributed by atoms with Gasteiger partial charge in [-0.2, -0.15) is 4.37 Å². The summed E-state index contributed by atoms with van der Waals surface area (Å²) in [5.41, 5.74) is 0. The van der Waals surface area contributed by atoms with E-state index in [1.54, 1.807) is 0 Å². The fraction of sp³-hybridized carbons (Fsp3) is 0.833. The molecule has 3 nitrogen and oxygen atoms in total. The Labute approximate surface area is 102 Å². The molecule has 16 heavy (non-hydrogen) atoms. The number of nitrogens with zero attached hydrogens (tertiary/aromatic N) is 2. The van der Waals surface area contributed by atoms with Gasteiger partial charge in [-0.05, 0) is 39.0 Å². The highest BCUT2D eigenvalue weighted by Gasteiger charge is 2.27. The summed E-state index contributed by atoms with van der Waals surface area (Å²) in [5, 5.41) is 4.30. The molecule has 1 aromatic heterocycles. The number of hydrogen-bond donors (Lipinski definition) is 1. The van der Waals surface area contributed by atoms with Crippen LogP contribution in [0.5, 0.6) is 0 Å². The third kappa shape index (κ3) is 2.73. The Bertz CT molecular complexity index is 335. The summed E-state index contributed by atoms with van der Waals surface area (Å²) in [7, 11) is 0. The normalized spacial score (nSPS) is 25.2. The molecule has 2 atom stereocenters. The minimum atomic E-state index is 0.438. The van der Waals surface area contributed by atoms with Crippen LogP contribution >= 0.6 is 11.5 Å². The Kier molecular flexibility index (Phi) is 3.79. The SMILES string of the molecule is CCC1CCC(c2nsc(NC(C)C)n2)C1. The van der Waals surface area contributed by atoms with Gasteiger partial charge in [-0.3, -0.25) is 0 Å². The monoisotopic (exact) mass is 239 g/mol. The first-order valence-electron chi connectivity index (χ1n) is 6.29. The van der Waals surface area contributed by atoms with Crippen molar-refractivity contribution in [3.63, 3.8) is 0 Å². The average Bonchev–Trinajstić information content (AvgIpc) is 2.83. The lowest BCUT2D eigenvalue weighted by molar-refractivity contribution is 0.518. The van der Waals surface area contributed by atoms with E-state index in [9.17, 15) is 0 Å². The average molecular weight is 239 g/mol. The van der Waals surface area contributed by atoms with Gasteiger partial charge >= 0.3 is 0 Å². The molecule has 1 aliphatic rings. The molecule has 1 saturated carbocycles. The molecule has 1 fully saturated rings. The third-order valence-corrected chi connectivity index (χ3v) is 4.00. The van der Waals surface area contributed by atoms with Crippen molar-refractivity contribution in [2.75, 3.05) is 5.32 Å². The van der Waals surface area contributed by atoms with Crippen LogP contribution in [0.3, 0.4) is 0 Å². The highest BCUT2D eigenvalue weighted by atomic mass is 32.1. The highest BCUT2D eigenvalue weighted by Crippen LogP contribution is 2.39. The summed E-state index contributed by atoms with van der Waals surface area (Å²) >= 11 is 1.50. The molecule has 1 heterocycles. The summed E-state index contributed by atoms with van der Waals surface area (Å²) in [6, 6.07) is 0.438. The van der Waals surface area contributed by atoms with E-state index in [0.29, 0.717) is 12.0 Å². The van der Waals surface area contributed by atoms with Crippen molar-refractivity contribution in [1.82, 2.24) is 9.36 Å². The first-order chi connectivity index (χ1) is 7.69. The summed E-state index contributed by atoms with van der Waals surface area (Å²) in [5.74, 6) is 2.59. The van der Waals surface area contributed by atoms with Gasteiger partial charge in [0.25, 0.3) is 0 Å². The first kappa shape index (κ1) is 11.8. The van der Waals surface area contributed by atoms with Crippen LogP contribution in [-0.2, 0) is 0 Å². The Balaban J connectivity index is 1.97. The lowest BCUT2D eigenvalue weighted by Crippen LogP contribution is -2.09.